The summed E-state index contributed by atoms with van der Waals surface area (Å²) in [5.74, 6) is 0. The van der Waals surface area contributed by atoms with E-state index in [1.165, 1.54) is 10.4 Å². The van der Waals surface area contributed by atoms with Crippen molar-refractivity contribution in [2.45, 2.75) is 25.9 Å². The van der Waals surface area contributed by atoms with Crippen molar-refractivity contribution >= 4 is 22.9 Å². The van der Waals surface area contributed by atoms with Gasteiger partial charge in [-0.2, -0.15) is 0 Å². The Morgan fingerprint density at radius 2 is 2.18 bits per heavy atom. The molecule has 1 aromatic carbocycles. The summed E-state index contributed by atoms with van der Waals surface area (Å²) in [6.07, 6.45) is 1.06. The van der Waals surface area contributed by atoms with Crippen LogP contribution in [0.2, 0.25) is 5.02 Å². The second kappa shape index (κ2) is 6.20. The van der Waals surface area contributed by atoms with Gasteiger partial charge in [-0.3, -0.25) is 0 Å². The normalized spacial score (nSPS) is 12.6. The van der Waals surface area contributed by atoms with Gasteiger partial charge in [0, 0.05) is 22.5 Å². The van der Waals surface area contributed by atoms with Crippen molar-refractivity contribution in [3.05, 3.63) is 57.2 Å². The van der Waals surface area contributed by atoms with Crippen LogP contribution < -0.4 is 5.32 Å². The molecule has 1 atom stereocenters. The van der Waals surface area contributed by atoms with E-state index in [4.69, 9.17) is 11.6 Å². The summed E-state index contributed by atoms with van der Waals surface area (Å²) in [6, 6.07) is 12.7. The third-order valence-corrected chi connectivity index (χ3v) is 3.87. The molecule has 1 N–H and O–H groups in total. The van der Waals surface area contributed by atoms with Crippen molar-refractivity contribution < 1.29 is 0 Å². The van der Waals surface area contributed by atoms with Gasteiger partial charge in [0.15, 0.2) is 0 Å². The summed E-state index contributed by atoms with van der Waals surface area (Å²) < 4.78 is 0. The number of thiophene rings is 1. The Kier molecular flexibility index (Phi) is 4.60. The van der Waals surface area contributed by atoms with Crippen LogP contribution in [0.1, 0.15) is 29.8 Å². The molecule has 0 aliphatic carbocycles. The van der Waals surface area contributed by atoms with Crippen LogP contribution in [0.4, 0.5) is 0 Å². The van der Waals surface area contributed by atoms with E-state index in [2.05, 4.69) is 35.8 Å². The van der Waals surface area contributed by atoms with Gasteiger partial charge in [0.1, 0.15) is 0 Å². The zero-order chi connectivity index (χ0) is 12.1. The van der Waals surface area contributed by atoms with E-state index < -0.39 is 0 Å². The van der Waals surface area contributed by atoms with Crippen molar-refractivity contribution in [1.29, 1.82) is 0 Å². The molecule has 0 aliphatic heterocycles. The Labute approximate surface area is 111 Å². The lowest BCUT2D eigenvalue weighted by atomic mass is 10.0. The van der Waals surface area contributed by atoms with Gasteiger partial charge in [0.2, 0.25) is 0 Å². The molecule has 0 saturated heterocycles. The summed E-state index contributed by atoms with van der Waals surface area (Å²) in [6.45, 7) is 3.11. The predicted molar refractivity (Wildman–Crippen MR) is 75.6 cm³/mol. The van der Waals surface area contributed by atoms with Gasteiger partial charge in [-0.25, -0.2) is 0 Å². The molecule has 0 spiro atoms. The maximum Gasteiger partial charge on any atom is 0.0409 e. The second-order valence-electron chi connectivity index (χ2n) is 3.98. The largest absolute Gasteiger partial charge is 0.305 e. The van der Waals surface area contributed by atoms with Crippen LogP contribution in [-0.4, -0.2) is 0 Å². The number of nitrogens with one attached hydrogen (secondary N) is 1. The molecule has 0 bridgehead atoms. The zero-order valence-electron chi connectivity index (χ0n) is 9.82. The first-order valence-electron chi connectivity index (χ1n) is 5.81. The Hall–Kier alpha value is -0.830. The molecular formula is C14H16ClNS. The Bertz CT molecular complexity index is 453. The quantitative estimate of drug-likeness (QED) is 0.830. The minimum Gasteiger partial charge on any atom is -0.305 e. The molecule has 0 saturated carbocycles. The first-order valence-corrected chi connectivity index (χ1v) is 7.06. The van der Waals surface area contributed by atoms with Crippen LogP contribution in [0.15, 0.2) is 41.8 Å². The number of benzene rings is 1. The van der Waals surface area contributed by atoms with Crippen molar-refractivity contribution in [3.8, 4) is 0 Å². The predicted octanol–water partition coefficient (Wildman–Crippen LogP) is 4.64. The molecule has 0 radical (unpaired) electrons. The molecule has 2 aromatic rings. The highest BCUT2D eigenvalue weighted by Crippen LogP contribution is 2.21. The monoisotopic (exact) mass is 265 g/mol. The molecule has 17 heavy (non-hydrogen) atoms. The van der Waals surface area contributed by atoms with Crippen LogP contribution in [0.5, 0.6) is 0 Å². The third kappa shape index (κ3) is 3.56. The lowest BCUT2D eigenvalue weighted by Gasteiger charge is -2.17. The van der Waals surface area contributed by atoms with E-state index >= 15 is 0 Å². The zero-order valence-corrected chi connectivity index (χ0v) is 11.4. The summed E-state index contributed by atoms with van der Waals surface area (Å²) in [5.41, 5.74) is 1.26. The molecule has 0 fully saturated rings. The van der Waals surface area contributed by atoms with E-state index in [1.54, 1.807) is 11.3 Å². The van der Waals surface area contributed by atoms with Crippen molar-refractivity contribution in [3.63, 3.8) is 0 Å². The number of hydrogen-bond donors (Lipinski definition) is 1. The summed E-state index contributed by atoms with van der Waals surface area (Å²) in [5, 5.41) is 6.48. The van der Waals surface area contributed by atoms with Gasteiger partial charge in [-0.1, -0.05) is 36.7 Å². The van der Waals surface area contributed by atoms with E-state index in [1.807, 2.05) is 18.2 Å². The summed E-state index contributed by atoms with van der Waals surface area (Å²) >= 11 is 7.81. The molecule has 0 aliphatic rings. The Morgan fingerprint density at radius 3 is 2.82 bits per heavy atom. The van der Waals surface area contributed by atoms with Gasteiger partial charge in [0.05, 0.1) is 0 Å². The molecule has 1 nitrogen and oxygen atoms in total. The molecular weight excluding hydrogens is 250 g/mol. The summed E-state index contributed by atoms with van der Waals surface area (Å²) in [4.78, 5) is 1.37. The van der Waals surface area contributed by atoms with Gasteiger partial charge in [0.25, 0.3) is 0 Å². The maximum absolute atomic E-state index is 6.02. The highest BCUT2D eigenvalue weighted by molar-refractivity contribution is 7.09. The number of halogens is 1. The van der Waals surface area contributed by atoms with Gasteiger partial charge < -0.3 is 5.32 Å². The lowest BCUT2D eigenvalue weighted by Crippen LogP contribution is -2.19. The minimum atomic E-state index is 0.371. The van der Waals surface area contributed by atoms with Crippen molar-refractivity contribution in [2.75, 3.05) is 0 Å². The molecule has 90 valence electrons. The van der Waals surface area contributed by atoms with Crippen molar-refractivity contribution in [1.82, 2.24) is 5.32 Å². The van der Waals surface area contributed by atoms with Crippen LogP contribution in [0.25, 0.3) is 0 Å². The molecule has 3 heteroatoms. The van der Waals surface area contributed by atoms with E-state index in [0.29, 0.717) is 6.04 Å². The second-order valence-corrected chi connectivity index (χ2v) is 5.44. The average molecular weight is 266 g/mol. The Balaban J connectivity index is 2.01. The number of rotatable bonds is 5. The average Bonchev–Trinajstić information content (AvgIpc) is 2.83. The first kappa shape index (κ1) is 12.6. The van der Waals surface area contributed by atoms with Crippen LogP contribution in [-0.2, 0) is 6.54 Å². The Morgan fingerprint density at radius 1 is 1.29 bits per heavy atom. The fourth-order valence-corrected chi connectivity index (χ4v) is 2.71. The summed E-state index contributed by atoms with van der Waals surface area (Å²) in [7, 11) is 0. The lowest BCUT2D eigenvalue weighted by molar-refractivity contribution is 0.522. The van der Waals surface area contributed by atoms with Crippen LogP contribution in [0, 0.1) is 0 Å². The standard InChI is InChI=1S/C14H16ClNS/c1-2-14(11-5-3-6-12(15)9-11)16-10-13-7-4-8-17-13/h3-9,14,16H,2,10H2,1H3. The van der Waals surface area contributed by atoms with E-state index in [0.717, 1.165) is 18.0 Å². The van der Waals surface area contributed by atoms with Crippen LogP contribution in [0.3, 0.4) is 0 Å². The van der Waals surface area contributed by atoms with Crippen molar-refractivity contribution in [2.24, 2.45) is 0 Å². The van der Waals surface area contributed by atoms with Crippen LogP contribution >= 0.6 is 22.9 Å². The van der Waals surface area contributed by atoms with Gasteiger partial charge >= 0.3 is 0 Å². The SMILES string of the molecule is CCC(NCc1cccs1)c1cccc(Cl)c1. The molecule has 2 rings (SSSR count). The molecule has 1 heterocycles. The highest BCUT2D eigenvalue weighted by atomic mass is 35.5. The topological polar surface area (TPSA) is 12.0 Å². The fourth-order valence-electron chi connectivity index (χ4n) is 1.86. The fraction of sp³-hybridized carbons (Fsp3) is 0.286. The molecule has 0 amide bonds. The minimum absolute atomic E-state index is 0.371. The van der Waals surface area contributed by atoms with Gasteiger partial charge in [-0.15, -0.1) is 11.3 Å². The van der Waals surface area contributed by atoms with Gasteiger partial charge in [-0.05, 0) is 35.6 Å². The van der Waals surface area contributed by atoms with E-state index in [9.17, 15) is 0 Å². The molecule has 1 aromatic heterocycles. The third-order valence-electron chi connectivity index (χ3n) is 2.76. The van der Waals surface area contributed by atoms with E-state index in [-0.39, 0.29) is 0 Å². The highest BCUT2D eigenvalue weighted by Gasteiger charge is 2.08. The number of hydrogen-bond acceptors (Lipinski definition) is 2. The molecule has 1 unspecified atom stereocenters. The maximum atomic E-state index is 6.02. The first-order chi connectivity index (χ1) is 8.29. The smallest absolute Gasteiger partial charge is 0.0409 e.